The standard InChI is InChI=1S/C11H19NO/c1-4-8(3)11(12)10-7-6-9(5-2)13-10/h6-8,11H,4-5,12H2,1-3H3/t8?,11-/m0/s1. The molecule has 2 heteroatoms. The number of furan rings is 1. The fourth-order valence-electron chi connectivity index (χ4n) is 1.30. The summed E-state index contributed by atoms with van der Waals surface area (Å²) in [6, 6.07) is 4.05. The van der Waals surface area contributed by atoms with E-state index in [1.54, 1.807) is 0 Å². The third-order valence-corrected chi connectivity index (χ3v) is 2.62. The molecular weight excluding hydrogens is 162 g/mol. The maximum atomic E-state index is 6.02. The smallest absolute Gasteiger partial charge is 0.121 e. The zero-order valence-electron chi connectivity index (χ0n) is 8.71. The molecule has 0 aliphatic carbocycles. The summed E-state index contributed by atoms with van der Waals surface area (Å²) < 4.78 is 5.59. The van der Waals surface area contributed by atoms with Crippen LogP contribution in [0, 0.1) is 5.92 Å². The van der Waals surface area contributed by atoms with Crippen LogP contribution in [0.15, 0.2) is 16.5 Å². The second-order valence-electron chi connectivity index (χ2n) is 3.57. The Morgan fingerprint density at radius 3 is 2.54 bits per heavy atom. The average Bonchev–Trinajstić information content (AvgIpc) is 2.63. The first kappa shape index (κ1) is 10.3. The van der Waals surface area contributed by atoms with Gasteiger partial charge in [-0.2, -0.15) is 0 Å². The van der Waals surface area contributed by atoms with Crippen molar-refractivity contribution in [3.8, 4) is 0 Å². The van der Waals surface area contributed by atoms with Gasteiger partial charge in [-0.3, -0.25) is 0 Å². The van der Waals surface area contributed by atoms with Gasteiger partial charge in [0.1, 0.15) is 11.5 Å². The van der Waals surface area contributed by atoms with Crippen LogP contribution in [0.3, 0.4) is 0 Å². The van der Waals surface area contributed by atoms with Gasteiger partial charge < -0.3 is 10.2 Å². The number of hydrogen-bond donors (Lipinski definition) is 1. The van der Waals surface area contributed by atoms with E-state index in [1.165, 1.54) is 0 Å². The van der Waals surface area contributed by atoms with Crippen LogP contribution in [0.5, 0.6) is 0 Å². The quantitative estimate of drug-likeness (QED) is 0.775. The average molecular weight is 181 g/mol. The number of rotatable bonds is 4. The molecule has 0 saturated carbocycles. The van der Waals surface area contributed by atoms with E-state index in [2.05, 4.69) is 20.8 Å². The molecule has 0 fully saturated rings. The van der Waals surface area contributed by atoms with Gasteiger partial charge in [0.05, 0.1) is 6.04 Å². The van der Waals surface area contributed by atoms with E-state index in [0.717, 1.165) is 24.4 Å². The fourth-order valence-corrected chi connectivity index (χ4v) is 1.30. The van der Waals surface area contributed by atoms with E-state index in [0.29, 0.717) is 5.92 Å². The molecule has 0 amide bonds. The molecule has 1 rings (SSSR count). The summed E-state index contributed by atoms with van der Waals surface area (Å²) in [6.45, 7) is 6.38. The zero-order chi connectivity index (χ0) is 9.84. The topological polar surface area (TPSA) is 39.2 Å². The highest BCUT2D eigenvalue weighted by Gasteiger charge is 2.16. The second-order valence-corrected chi connectivity index (χ2v) is 3.57. The van der Waals surface area contributed by atoms with Crippen LogP contribution < -0.4 is 5.73 Å². The Balaban J connectivity index is 2.70. The van der Waals surface area contributed by atoms with Crippen molar-refractivity contribution in [2.75, 3.05) is 0 Å². The summed E-state index contributed by atoms with van der Waals surface area (Å²) in [5.41, 5.74) is 6.02. The highest BCUT2D eigenvalue weighted by Crippen LogP contribution is 2.23. The van der Waals surface area contributed by atoms with E-state index in [9.17, 15) is 0 Å². The molecule has 2 atom stereocenters. The largest absolute Gasteiger partial charge is 0.464 e. The minimum absolute atomic E-state index is 0.0466. The first-order valence-electron chi connectivity index (χ1n) is 5.03. The Morgan fingerprint density at radius 2 is 2.08 bits per heavy atom. The third-order valence-electron chi connectivity index (χ3n) is 2.62. The Labute approximate surface area is 80.1 Å². The predicted molar refractivity (Wildman–Crippen MR) is 54.5 cm³/mol. The molecule has 74 valence electrons. The summed E-state index contributed by atoms with van der Waals surface area (Å²) in [5, 5.41) is 0. The van der Waals surface area contributed by atoms with E-state index in [4.69, 9.17) is 10.2 Å². The lowest BCUT2D eigenvalue weighted by atomic mass is 9.98. The molecule has 2 nitrogen and oxygen atoms in total. The minimum Gasteiger partial charge on any atom is -0.464 e. The van der Waals surface area contributed by atoms with Crippen molar-refractivity contribution in [2.24, 2.45) is 11.7 Å². The van der Waals surface area contributed by atoms with Crippen molar-refractivity contribution in [1.82, 2.24) is 0 Å². The number of nitrogens with two attached hydrogens (primary N) is 1. The fraction of sp³-hybridized carbons (Fsp3) is 0.636. The van der Waals surface area contributed by atoms with E-state index in [-0.39, 0.29) is 6.04 Å². The molecular formula is C11H19NO. The maximum Gasteiger partial charge on any atom is 0.121 e. The number of hydrogen-bond acceptors (Lipinski definition) is 2. The van der Waals surface area contributed by atoms with Gasteiger partial charge in [-0.15, -0.1) is 0 Å². The molecule has 0 saturated heterocycles. The molecule has 0 bridgehead atoms. The summed E-state index contributed by atoms with van der Waals surface area (Å²) in [4.78, 5) is 0. The summed E-state index contributed by atoms with van der Waals surface area (Å²) in [7, 11) is 0. The summed E-state index contributed by atoms with van der Waals surface area (Å²) in [6.07, 6.45) is 2.02. The molecule has 1 aromatic heterocycles. The Bertz CT molecular complexity index is 254. The van der Waals surface area contributed by atoms with E-state index in [1.807, 2.05) is 12.1 Å². The van der Waals surface area contributed by atoms with Gasteiger partial charge >= 0.3 is 0 Å². The first-order valence-corrected chi connectivity index (χ1v) is 5.03. The monoisotopic (exact) mass is 181 g/mol. The Morgan fingerprint density at radius 1 is 1.38 bits per heavy atom. The highest BCUT2D eigenvalue weighted by atomic mass is 16.3. The van der Waals surface area contributed by atoms with Crippen LogP contribution in [-0.4, -0.2) is 0 Å². The lowest BCUT2D eigenvalue weighted by Gasteiger charge is -2.15. The molecule has 2 N–H and O–H groups in total. The molecule has 1 aromatic rings. The molecule has 0 aromatic carbocycles. The zero-order valence-corrected chi connectivity index (χ0v) is 8.71. The van der Waals surface area contributed by atoms with Gasteiger partial charge in [0.2, 0.25) is 0 Å². The predicted octanol–water partition coefficient (Wildman–Crippen LogP) is 2.89. The first-order chi connectivity index (χ1) is 6.19. The molecule has 1 unspecified atom stereocenters. The van der Waals surface area contributed by atoms with Gasteiger partial charge in [0.25, 0.3) is 0 Å². The maximum absolute atomic E-state index is 6.02. The van der Waals surface area contributed by atoms with Gasteiger partial charge in [-0.1, -0.05) is 27.2 Å². The molecule has 0 aliphatic heterocycles. The van der Waals surface area contributed by atoms with Crippen LogP contribution in [0.2, 0.25) is 0 Å². The normalized spacial score (nSPS) is 15.7. The lowest BCUT2D eigenvalue weighted by molar-refractivity contribution is 0.364. The van der Waals surface area contributed by atoms with Crippen molar-refractivity contribution >= 4 is 0 Å². The molecule has 0 spiro atoms. The Kier molecular flexibility index (Phi) is 3.55. The van der Waals surface area contributed by atoms with Crippen molar-refractivity contribution < 1.29 is 4.42 Å². The SMILES string of the molecule is CCc1ccc([C@@H](N)C(C)CC)o1. The van der Waals surface area contributed by atoms with Crippen LogP contribution in [0.1, 0.15) is 44.8 Å². The van der Waals surface area contributed by atoms with Gasteiger partial charge in [0, 0.05) is 6.42 Å². The van der Waals surface area contributed by atoms with Crippen molar-refractivity contribution in [2.45, 2.75) is 39.7 Å². The molecule has 0 aliphatic rings. The third kappa shape index (κ3) is 2.34. The van der Waals surface area contributed by atoms with Crippen LogP contribution in [0.25, 0.3) is 0 Å². The molecule has 0 radical (unpaired) electrons. The molecule has 1 heterocycles. The van der Waals surface area contributed by atoms with Crippen LogP contribution in [0.4, 0.5) is 0 Å². The van der Waals surface area contributed by atoms with E-state index < -0.39 is 0 Å². The van der Waals surface area contributed by atoms with Crippen molar-refractivity contribution in [3.05, 3.63) is 23.7 Å². The van der Waals surface area contributed by atoms with Crippen molar-refractivity contribution in [3.63, 3.8) is 0 Å². The second kappa shape index (κ2) is 4.47. The lowest BCUT2D eigenvalue weighted by Crippen LogP contribution is -2.17. The van der Waals surface area contributed by atoms with Gasteiger partial charge in [0.15, 0.2) is 0 Å². The molecule has 13 heavy (non-hydrogen) atoms. The summed E-state index contributed by atoms with van der Waals surface area (Å²) >= 11 is 0. The Hall–Kier alpha value is -0.760. The van der Waals surface area contributed by atoms with Crippen LogP contribution in [-0.2, 0) is 6.42 Å². The van der Waals surface area contributed by atoms with Crippen molar-refractivity contribution in [1.29, 1.82) is 0 Å². The number of aryl methyl sites for hydroxylation is 1. The summed E-state index contributed by atoms with van der Waals surface area (Å²) in [5.74, 6) is 2.43. The van der Waals surface area contributed by atoms with Crippen LogP contribution >= 0.6 is 0 Å². The minimum atomic E-state index is 0.0466. The van der Waals surface area contributed by atoms with Gasteiger partial charge in [-0.25, -0.2) is 0 Å². The highest BCUT2D eigenvalue weighted by molar-refractivity contribution is 5.10. The van der Waals surface area contributed by atoms with Gasteiger partial charge in [-0.05, 0) is 18.1 Å². The van der Waals surface area contributed by atoms with E-state index >= 15 is 0 Å².